The van der Waals surface area contributed by atoms with E-state index in [0.717, 1.165) is 74.9 Å². The first kappa shape index (κ1) is 25.3. The van der Waals surface area contributed by atoms with Gasteiger partial charge in [-0.25, -0.2) is 13.5 Å². The number of halogens is 2. The van der Waals surface area contributed by atoms with Crippen LogP contribution in [-0.4, -0.2) is 58.8 Å². The van der Waals surface area contributed by atoms with E-state index in [1.165, 1.54) is 29.8 Å². The molecule has 0 unspecified atom stereocenters. The summed E-state index contributed by atoms with van der Waals surface area (Å²) >= 11 is 0. The Hall–Kier alpha value is -2.77. The number of hydrogen-bond donors (Lipinski definition) is 0. The quantitative estimate of drug-likeness (QED) is 0.416. The topological polar surface area (TPSA) is 27.5 Å². The van der Waals surface area contributed by atoms with Gasteiger partial charge in [-0.05, 0) is 68.8 Å². The van der Waals surface area contributed by atoms with Crippen molar-refractivity contribution in [2.24, 2.45) is 0 Å². The number of hydrogen-bond acceptors (Lipinski definition) is 4. The molecule has 1 aliphatic rings. The van der Waals surface area contributed by atoms with E-state index in [0.29, 0.717) is 6.04 Å². The van der Waals surface area contributed by atoms with E-state index in [1.807, 2.05) is 16.8 Å². The smallest absolute Gasteiger partial charge is 0.137 e. The molecule has 2 heterocycles. The van der Waals surface area contributed by atoms with Gasteiger partial charge in [0.25, 0.3) is 0 Å². The van der Waals surface area contributed by atoms with Gasteiger partial charge in [0.05, 0.1) is 11.4 Å². The summed E-state index contributed by atoms with van der Waals surface area (Å²) in [6.07, 6.45) is 1.83. The number of piperazine rings is 1. The minimum Gasteiger partial charge on any atom is -0.354 e. The first-order valence-corrected chi connectivity index (χ1v) is 12.7. The van der Waals surface area contributed by atoms with Crippen LogP contribution in [0.2, 0.25) is 0 Å². The number of likely N-dealkylation sites (N-methyl/N-ethyl adjacent to an activating group) is 1. The van der Waals surface area contributed by atoms with Crippen molar-refractivity contribution in [1.29, 1.82) is 0 Å². The maximum absolute atomic E-state index is 13.7. The molecule has 0 aliphatic carbocycles. The van der Waals surface area contributed by atoms with Gasteiger partial charge in [0.15, 0.2) is 0 Å². The summed E-state index contributed by atoms with van der Waals surface area (Å²) in [5.74, 6) is 0.643. The molecule has 7 heteroatoms. The first-order valence-electron chi connectivity index (χ1n) is 12.7. The van der Waals surface area contributed by atoms with Crippen molar-refractivity contribution in [1.82, 2.24) is 19.6 Å². The van der Waals surface area contributed by atoms with Crippen LogP contribution in [0.5, 0.6) is 0 Å². The van der Waals surface area contributed by atoms with Gasteiger partial charge in [-0.15, -0.1) is 0 Å². The zero-order chi connectivity index (χ0) is 24.9. The predicted octanol–water partition coefficient (Wildman–Crippen LogP) is 5.27. The lowest BCUT2D eigenvalue weighted by Gasteiger charge is -2.36. The van der Waals surface area contributed by atoms with Crippen molar-refractivity contribution in [3.63, 3.8) is 0 Å². The minimum absolute atomic E-state index is 0.213. The van der Waals surface area contributed by atoms with E-state index in [-0.39, 0.29) is 11.6 Å². The van der Waals surface area contributed by atoms with Crippen LogP contribution in [0.3, 0.4) is 0 Å². The van der Waals surface area contributed by atoms with E-state index in [1.54, 1.807) is 12.1 Å². The fraction of sp³-hybridized carbons (Fsp3) is 0.464. The van der Waals surface area contributed by atoms with E-state index < -0.39 is 0 Å². The Balaban J connectivity index is 1.76. The summed E-state index contributed by atoms with van der Waals surface area (Å²) in [6.45, 7) is 11.9. The highest BCUT2D eigenvalue weighted by molar-refractivity contribution is 5.56. The average molecular weight is 482 g/mol. The van der Waals surface area contributed by atoms with Crippen molar-refractivity contribution in [3.8, 4) is 5.69 Å². The zero-order valence-corrected chi connectivity index (χ0v) is 21.3. The largest absolute Gasteiger partial charge is 0.354 e. The van der Waals surface area contributed by atoms with E-state index in [2.05, 4.69) is 42.5 Å². The van der Waals surface area contributed by atoms with Crippen LogP contribution in [0.4, 0.5) is 14.6 Å². The molecule has 1 atom stereocenters. The van der Waals surface area contributed by atoms with Gasteiger partial charge in [0.2, 0.25) is 0 Å². The van der Waals surface area contributed by atoms with Crippen LogP contribution in [0.15, 0.2) is 48.5 Å². The Morgan fingerprint density at radius 3 is 2.06 bits per heavy atom. The molecule has 1 aromatic heterocycles. The fourth-order valence-corrected chi connectivity index (χ4v) is 4.69. The van der Waals surface area contributed by atoms with Crippen LogP contribution in [0.25, 0.3) is 5.69 Å². The summed E-state index contributed by atoms with van der Waals surface area (Å²) in [7, 11) is 2.15. The molecule has 3 aromatic rings. The Morgan fingerprint density at radius 2 is 1.49 bits per heavy atom. The lowest BCUT2D eigenvalue weighted by Crippen LogP contribution is -2.45. The number of benzene rings is 2. The lowest BCUT2D eigenvalue weighted by atomic mass is 10.1. The molecule has 0 radical (unpaired) electrons. The number of nitrogens with zero attached hydrogens (tertiary/aromatic N) is 5. The second-order valence-electron chi connectivity index (χ2n) is 9.57. The van der Waals surface area contributed by atoms with E-state index >= 15 is 0 Å². The molecule has 5 nitrogen and oxygen atoms in total. The van der Waals surface area contributed by atoms with Crippen molar-refractivity contribution < 1.29 is 8.78 Å². The highest BCUT2D eigenvalue weighted by Gasteiger charge is 2.27. The third-order valence-electron chi connectivity index (χ3n) is 7.12. The minimum atomic E-state index is -0.250. The van der Waals surface area contributed by atoms with Crippen molar-refractivity contribution in [3.05, 3.63) is 77.0 Å². The Bertz CT molecular complexity index is 1090. The number of aryl methyl sites for hydroxylation is 1. The first-order chi connectivity index (χ1) is 16.9. The molecule has 1 fully saturated rings. The van der Waals surface area contributed by atoms with Gasteiger partial charge >= 0.3 is 0 Å². The van der Waals surface area contributed by atoms with Crippen LogP contribution in [0.1, 0.15) is 44.0 Å². The Labute approximate surface area is 208 Å². The highest BCUT2D eigenvalue weighted by Crippen LogP contribution is 2.31. The fourth-order valence-electron chi connectivity index (χ4n) is 4.69. The molecular formula is C28H37F2N5. The molecule has 2 aromatic carbocycles. The molecule has 0 spiro atoms. The summed E-state index contributed by atoms with van der Waals surface area (Å²) in [4.78, 5) is 7.23. The molecule has 0 bridgehead atoms. The molecule has 4 rings (SSSR count). The zero-order valence-electron chi connectivity index (χ0n) is 21.3. The predicted molar refractivity (Wildman–Crippen MR) is 138 cm³/mol. The van der Waals surface area contributed by atoms with Crippen molar-refractivity contribution in [2.75, 3.05) is 38.1 Å². The summed E-state index contributed by atoms with van der Waals surface area (Å²) < 4.78 is 29.2. The van der Waals surface area contributed by atoms with Gasteiger partial charge in [-0.3, -0.25) is 4.90 Å². The summed E-state index contributed by atoms with van der Waals surface area (Å²) in [5, 5.41) is 5.04. The van der Waals surface area contributed by atoms with Crippen LogP contribution in [-0.2, 0) is 19.5 Å². The standard InChI is InChI=1S/C28H37F2N5/c1-5-21(3)34(19-22-7-9-23(29)10-8-22)20-26-27(6-2)31-35(25-13-11-24(30)12-14-25)28(26)33-17-15-32(4)16-18-33/h7-14,21H,5-6,15-20H2,1-4H3/t21-/m1/s1. The molecule has 0 saturated carbocycles. The highest BCUT2D eigenvalue weighted by atomic mass is 19.1. The van der Waals surface area contributed by atoms with E-state index in [9.17, 15) is 8.78 Å². The second kappa shape index (κ2) is 11.3. The summed E-state index contributed by atoms with van der Waals surface area (Å²) in [6, 6.07) is 13.7. The molecule has 35 heavy (non-hydrogen) atoms. The monoisotopic (exact) mass is 481 g/mol. The molecule has 0 N–H and O–H groups in total. The Morgan fingerprint density at radius 1 is 0.886 bits per heavy atom. The SMILES string of the molecule is CCc1nn(-c2ccc(F)cc2)c(N2CCN(C)CC2)c1CN(Cc1ccc(F)cc1)[C@H](C)CC. The van der Waals surface area contributed by atoms with Gasteiger partial charge in [0, 0.05) is 50.9 Å². The molecular weight excluding hydrogens is 444 g/mol. The third-order valence-corrected chi connectivity index (χ3v) is 7.12. The van der Waals surface area contributed by atoms with Gasteiger partial charge in [-0.2, -0.15) is 5.10 Å². The Kier molecular flexibility index (Phi) is 8.19. The number of aromatic nitrogens is 2. The van der Waals surface area contributed by atoms with Crippen LogP contribution in [0, 0.1) is 11.6 Å². The maximum atomic E-state index is 13.7. The van der Waals surface area contributed by atoms with Crippen LogP contribution >= 0.6 is 0 Å². The average Bonchev–Trinajstić information content (AvgIpc) is 3.23. The second-order valence-corrected chi connectivity index (χ2v) is 9.57. The molecule has 1 saturated heterocycles. The molecule has 188 valence electrons. The summed E-state index contributed by atoms with van der Waals surface area (Å²) in [5.41, 5.74) is 4.26. The maximum Gasteiger partial charge on any atom is 0.137 e. The van der Waals surface area contributed by atoms with Crippen LogP contribution < -0.4 is 4.90 Å². The number of anilines is 1. The van der Waals surface area contributed by atoms with Gasteiger partial charge in [-0.1, -0.05) is 26.0 Å². The normalized spacial score (nSPS) is 15.7. The molecule has 0 amide bonds. The van der Waals surface area contributed by atoms with Crippen molar-refractivity contribution in [2.45, 2.75) is 52.7 Å². The number of rotatable bonds is 9. The van der Waals surface area contributed by atoms with E-state index in [4.69, 9.17) is 5.10 Å². The molecule has 1 aliphatic heterocycles. The van der Waals surface area contributed by atoms with Gasteiger partial charge in [0.1, 0.15) is 17.5 Å². The van der Waals surface area contributed by atoms with Gasteiger partial charge < -0.3 is 9.80 Å². The third kappa shape index (κ3) is 5.90. The lowest BCUT2D eigenvalue weighted by molar-refractivity contribution is 0.185. The van der Waals surface area contributed by atoms with Crippen molar-refractivity contribution >= 4 is 5.82 Å².